The summed E-state index contributed by atoms with van der Waals surface area (Å²) in [6, 6.07) is 5.95. The summed E-state index contributed by atoms with van der Waals surface area (Å²) in [5.41, 5.74) is 0.781. The second kappa shape index (κ2) is 6.25. The fraction of sp³-hybridized carbons (Fsp3) is 0.533. The van der Waals surface area contributed by atoms with E-state index in [-0.39, 0.29) is 5.78 Å². The Bertz CT molecular complexity index is 444. The van der Waals surface area contributed by atoms with Crippen molar-refractivity contribution >= 4 is 33.5 Å². The SMILES string of the molecule is CC(=O)c1ccc(SC2CCCC(C)C2)c(Br)c1. The monoisotopic (exact) mass is 326 g/mol. The third kappa shape index (κ3) is 3.61. The summed E-state index contributed by atoms with van der Waals surface area (Å²) in [7, 11) is 0. The van der Waals surface area contributed by atoms with Gasteiger partial charge in [0.15, 0.2) is 5.78 Å². The van der Waals surface area contributed by atoms with E-state index < -0.39 is 0 Å². The van der Waals surface area contributed by atoms with E-state index in [4.69, 9.17) is 0 Å². The number of thioether (sulfide) groups is 1. The lowest BCUT2D eigenvalue weighted by Crippen LogP contribution is -2.14. The predicted molar refractivity (Wildman–Crippen MR) is 81.4 cm³/mol. The number of rotatable bonds is 3. The molecule has 18 heavy (non-hydrogen) atoms. The second-order valence-electron chi connectivity index (χ2n) is 5.21. The van der Waals surface area contributed by atoms with Crippen molar-refractivity contribution in [2.24, 2.45) is 5.92 Å². The fourth-order valence-electron chi connectivity index (χ4n) is 2.48. The first kappa shape index (κ1) is 14.1. The van der Waals surface area contributed by atoms with Crippen LogP contribution in [0.3, 0.4) is 0 Å². The average Bonchev–Trinajstić information content (AvgIpc) is 2.31. The molecule has 3 heteroatoms. The smallest absolute Gasteiger partial charge is 0.159 e. The third-order valence-corrected chi connectivity index (χ3v) is 5.81. The Hall–Kier alpha value is -0.280. The van der Waals surface area contributed by atoms with Crippen molar-refractivity contribution in [1.29, 1.82) is 0 Å². The molecule has 1 nitrogen and oxygen atoms in total. The summed E-state index contributed by atoms with van der Waals surface area (Å²) in [5.74, 6) is 0.977. The number of hydrogen-bond donors (Lipinski definition) is 0. The van der Waals surface area contributed by atoms with Crippen molar-refractivity contribution in [3.8, 4) is 0 Å². The molecule has 1 aliphatic rings. The van der Waals surface area contributed by atoms with Crippen molar-refractivity contribution in [1.82, 2.24) is 0 Å². The molecule has 1 aromatic carbocycles. The van der Waals surface area contributed by atoms with Gasteiger partial charge in [0, 0.05) is 20.2 Å². The lowest BCUT2D eigenvalue weighted by Gasteiger charge is -2.26. The van der Waals surface area contributed by atoms with Gasteiger partial charge < -0.3 is 0 Å². The molecule has 0 N–H and O–H groups in total. The lowest BCUT2D eigenvalue weighted by atomic mass is 9.91. The standard InChI is InChI=1S/C15H19BrOS/c1-10-4-3-5-13(8-10)18-15-7-6-12(11(2)17)9-14(15)16/h6-7,9-10,13H,3-5,8H2,1-2H3. The molecular formula is C15H19BrOS. The summed E-state index contributed by atoms with van der Waals surface area (Å²) < 4.78 is 1.05. The Morgan fingerprint density at radius 3 is 2.78 bits per heavy atom. The number of carbonyl (C=O) groups is 1. The highest BCUT2D eigenvalue weighted by Crippen LogP contribution is 2.39. The Morgan fingerprint density at radius 2 is 2.17 bits per heavy atom. The minimum absolute atomic E-state index is 0.124. The number of hydrogen-bond acceptors (Lipinski definition) is 2. The zero-order valence-corrected chi connectivity index (χ0v) is 13.3. The van der Waals surface area contributed by atoms with E-state index in [1.807, 2.05) is 23.9 Å². The molecule has 2 rings (SSSR count). The highest BCUT2D eigenvalue weighted by Gasteiger charge is 2.20. The Labute approximate surface area is 122 Å². The molecule has 0 bridgehead atoms. The summed E-state index contributed by atoms with van der Waals surface area (Å²) in [5, 5.41) is 0.730. The average molecular weight is 327 g/mol. The largest absolute Gasteiger partial charge is 0.295 e. The van der Waals surface area contributed by atoms with Crippen LogP contribution < -0.4 is 0 Å². The van der Waals surface area contributed by atoms with Crippen molar-refractivity contribution in [2.75, 3.05) is 0 Å². The van der Waals surface area contributed by atoms with E-state index >= 15 is 0 Å². The van der Waals surface area contributed by atoms with E-state index in [9.17, 15) is 4.79 Å². The first-order valence-corrected chi connectivity index (χ1v) is 8.20. The van der Waals surface area contributed by atoms with Gasteiger partial charge in [-0.15, -0.1) is 11.8 Å². The van der Waals surface area contributed by atoms with Gasteiger partial charge in [0.05, 0.1) is 0 Å². The zero-order chi connectivity index (χ0) is 13.1. The van der Waals surface area contributed by atoms with Crippen LogP contribution in [0.2, 0.25) is 0 Å². The summed E-state index contributed by atoms with van der Waals surface area (Å²) >= 11 is 5.54. The maximum absolute atomic E-state index is 11.3. The normalized spacial score (nSPS) is 23.9. The molecule has 1 saturated carbocycles. The summed E-state index contributed by atoms with van der Waals surface area (Å²) in [6.07, 6.45) is 5.35. The molecular weight excluding hydrogens is 308 g/mol. The van der Waals surface area contributed by atoms with E-state index in [0.717, 1.165) is 21.2 Å². The van der Waals surface area contributed by atoms with Crippen LogP contribution in [0.5, 0.6) is 0 Å². The van der Waals surface area contributed by atoms with Crippen LogP contribution in [0.4, 0.5) is 0 Å². The topological polar surface area (TPSA) is 17.1 Å². The van der Waals surface area contributed by atoms with Crippen molar-refractivity contribution in [3.05, 3.63) is 28.2 Å². The van der Waals surface area contributed by atoms with Crippen molar-refractivity contribution < 1.29 is 4.79 Å². The predicted octanol–water partition coefficient (Wildman–Crippen LogP) is 5.32. The van der Waals surface area contributed by atoms with Gasteiger partial charge in [0.2, 0.25) is 0 Å². The van der Waals surface area contributed by atoms with Crippen LogP contribution in [-0.2, 0) is 0 Å². The molecule has 98 valence electrons. The van der Waals surface area contributed by atoms with Crippen molar-refractivity contribution in [2.45, 2.75) is 49.7 Å². The van der Waals surface area contributed by atoms with Crippen LogP contribution >= 0.6 is 27.7 Å². The molecule has 0 aliphatic heterocycles. The minimum atomic E-state index is 0.124. The Balaban J connectivity index is 2.07. The molecule has 2 unspecified atom stereocenters. The molecule has 0 aromatic heterocycles. The van der Waals surface area contributed by atoms with Gasteiger partial charge in [-0.05, 0) is 53.7 Å². The fourth-order valence-corrected chi connectivity index (χ4v) is 4.53. The van der Waals surface area contributed by atoms with Crippen LogP contribution in [0, 0.1) is 5.92 Å². The highest BCUT2D eigenvalue weighted by molar-refractivity contribution is 9.10. The number of Topliss-reactive ketones (excluding diaryl/α,β-unsaturated/α-hetero) is 1. The number of halogens is 1. The number of benzene rings is 1. The van der Waals surface area contributed by atoms with Gasteiger partial charge in [-0.2, -0.15) is 0 Å². The van der Waals surface area contributed by atoms with Crippen molar-refractivity contribution in [3.63, 3.8) is 0 Å². The van der Waals surface area contributed by atoms with Gasteiger partial charge in [0.25, 0.3) is 0 Å². The van der Waals surface area contributed by atoms with Gasteiger partial charge in [-0.25, -0.2) is 0 Å². The molecule has 1 aromatic rings. The molecule has 1 aliphatic carbocycles. The first-order chi connectivity index (χ1) is 8.56. The molecule has 2 atom stereocenters. The van der Waals surface area contributed by atoms with E-state index in [1.165, 1.54) is 30.6 Å². The highest BCUT2D eigenvalue weighted by atomic mass is 79.9. The minimum Gasteiger partial charge on any atom is -0.295 e. The van der Waals surface area contributed by atoms with Gasteiger partial charge in [-0.1, -0.05) is 25.8 Å². The van der Waals surface area contributed by atoms with Crippen LogP contribution in [0.25, 0.3) is 0 Å². The van der Waals surface area contributed by atoms with E-state index in [2.05, 4.69) is 28.9 Å². The van der Waals surface area contributed by atoms with Gasteiger partial charge in [-0.3, -0.25) is 4.79 Å². The molecule has 0 spiro atoms. The number of ketones is 1. The van der Waals surface area contributed by atoms with Crippen LogP contribution in [-0.4, -0.2) is 11.0 Å². The Morgan fingerprint density at radius 1 is 1.39 bits per heavy atom. The lowest BCUT2D eigenvalue weighted by molar-refractivity contribution is 0.101. The molecule has 0 radical (unpaired) electrons. The number of carbonyl (C=O) groups excluding carboxylic acids is 1. The van der Waals surface area contributed by atoms with Crippen LogP contribution in [0.15, 0.2) is 27.6 Å². The second-order valence-corrected chi connectivity index (χ2v) is 7.41. The molecule has 1 fully saturated rings. The maximum Gasteiger partial charge on any atom is 0.159 e. The summed E-state index contributed by atoms with van der Waals surface area (Å²) in [4.78, 5) is 12.6. The third-order valence-electron chi connectivity index (χ3n) is 3.52. The maximum atomic E-state index is 11.3. The van der Waals surface area contributed by atoms with E-state index in [0.29, 0.717) is 0 Å². The molecule has 0 heterocycles. The molecule has 0 saturated heterocycles. The van der Waals surface area contributed by atoms with E-state index in [1.54, 1.807) is 6.92 Å². The molecule has 0 amide bonds. The zero-order valence-electron chi connectivity index (χ0n) is 10.9. The summed E-state index contributed by atoms with van der Waals surface area (Å²) in [6.45, 7) is 3.96. The Kier molecular flexibility index (Phi) is 4.91. The van der Waals surface area contributed by atoms with Crippen LogP contribution in [0.1, 0.15) is 49.9 Å². The first-order valence-electron chi connectivity index (χ1n) is 6.53. The van der Waals surface area contributed by atoms with Gasteiger partial charge in [0.1, 0.15) is 0 Å². The van der Waals surface area contributed by atoms with Gasteiger partial charge >= 0.3 is 0 Å². The quantitative estimate of drug-likeness (QED) is 0.699.